The van der Waals surface area contributed by atoms with E-state index < -0.39 is 12.1 Å². The Bertz CT molecular complexity index is 691. The van der Waals surface area contributed by atoms with Crippen LogP contribution in [0.5, 0.6) is 0 Å². The van der Waals surface area contributed by atoms with Crippen LogP contribution in [0.4, 0.5) is 0 Å². The van der Waals surface area contributed by atoms with Crippen molar-refractivity contribution in [3.63, 3.8) is 0 Å². The molecule has 2 unspecified atom stereocenters. The Hall–Kier alpha value is -1.47. The number of nitrogens with zero attached hydrogens (tertiary/aromatic N) is 4. The predicted octanol–water partition coefficient (Wildman–Crippen LogP) is 2.47. The molecule has 6 nitrogen and oxygen atoms in total. The third-order valence-electron chi connectivity index (χ3n) is 3.01. The zero-order valence-electron chi connectivity index (χ0n) is 10.5. The van der Waals surface area contributed by atoms with Gasteiger partial charge < -0.3 is 5.43 Å². The van der Waals surface area contributed by atoms with Gasteiger partial charge in [-0.3, -0.25) is 0 Å². The van der Waals surface area contributed by atoms with Gasteiger partial charge in [-0.1, -0.05) is 35.3 Å². The van der Waals surface area contributed by atoms with Gasteiger partial charge in [0.2, 0.25) is 5.29 Å². The van der Waals surface area contributed by atoms with Gasteiger partial charge >= 0.3 is 0 Å². The number of hydrogen-bond donors (Lipinski definition) is 2. The van der Waals surface area contributed by atoms with Crippen LogP contribution in [0, 0.1) is 5.92 Å². The van der Waals surface area contributed by atoms with Gasteiger partial charge in [0.15, 0.2) is 6.17 Å². The van der Waals surface area contributed by atoms with E-state index in [2.05, 4.69) is 25.4 Å². The van der Waals surface area contributed by atoms with Crippen LogP contribution in [0.3, 0.4) is 0 Å². The number of halogens is 3. The minimum atomic E-state index is -0.511. The van der Waals surface area contributed by atoms with Gasteiger partial charge in [-0.25, -0.2) is 25.8 Å². The molecule has 0 saturated heterocycles. The van der Waals surface area contributed by atoms with Crippen molar-refractivity contribution >= 4 is 56.9 Å². The summed E-state index contributed by atoms with van der Waals surface area (Å²) in [6.07, 6.45) is -0.490. The molecular formula is C12H9Cl3N6. The van der Waals surface area contributed by atoms with E-state index in [0.29, 0.717) is 16.7 Å². The quantitative estimate of drug-likeness (QED) is 0.466. The summed E-state index contributed by atoms with van der Waals surface area (Å²) in [5.41, 5.74) is 3.38. The fourth-order valence-corrected chi connectivity index (χ4v) is 2.67. The monoisotopic (exact) mass is 342 g/mol. The normalized spacial score (nSPS) is 24.4. The zero-order chi connectivity index (χ0) is 15.0. The van der Waals surface area contributed by atoms with Crippen LogP contribution in [0.25, 0.3) is 0 Å². The number of amidine groups is 3. The molecule has 2 heterocycles. The molecule has 1 aromatic carbocycles. The summed E-state index contributed by atoms with van der Waals surface area (Å²) in [4.78, 5) is 16.9. The first-order valence-corrected chi connectivity index (χ1v) is 7.07. The van der Waals surface area contributed by atoms with Crippen molar-refractivity contribution in [1.82, 2.24) is 5.43 Å². The average Bonchev–Trinajstić information content (AvgIpc) is 2.46. The van der Waals surface area contributed by atoms with E-state index in [4.69, 9.17) is 40.6 Å². The van der Waals surface area contributed by atoms with Crippen LogP contribution in [-0.4, -0.2) is 22.1 Å². The van der Waals surface area contributed by atoms with E-state index in [0.717, 1.165) is 5.56 Å². The Morgan fingerprint density at radius 1 is 1.00 bits per heavy atom. The topological polar surface area (TPSA) is 87.5 Å². The van der Waals surface area contributed by atoms with Crippen molar-refractivity contribution in [1.29, 1.82) is 0 Å². The maximum atomic E-state index is 6.08. The first-order valence-electron chi connectivity index (χ1n) is 5.94. The van der Waals surface area contributed by atoms with Gasteiger partial charge in [0.25, 0.3) is 0 Å². The van der Waals surface area contributed by atoms with Gasteiger partial charge in [-0.15, -0.1) is 0 Å². The summed E-state index contributed by atoms with van der Waals surface area (Å²) < 4.78 is 0. The number of nitrogens with two attached hydrogens (primary N) is 1. The highest BCUT2D eigenvalue weighted by molar-refractivity contribution is 6.75. The fourth-order valence-electron chi connectivity index (χ4n) is 2.05. The second kappa shape index (κ2) is 5.73. The fraction of sp³-hybridized carbons (Fsp3) is 0.167. The maximum absolute atomic E-state index is 6.08. The zero-order valence-corrected chi connectivity index (χ0v) is 12.7. The molecule has 2 aliphatic rings. The van der Waals surface area contributed by atoms with E-state index in [1.807, 2.05) is 12.1 Å². The average molecular weight is 344 g/mol. The Morgan fingerprint density at radius 3 is 2.38 bits per heavy atom. The highest BCUT2D eigenvalue weighted by atomic mass is 35.5. The number of aliphatic imine (C=N–C) groups is 4. The number of hydrogen-bond acceptors (Lipinski definition) is 6. The Morgan fingerprint density at radius 2 is 1.71 bits per heavy atom. The molecular weight excluding hydrogens is 335 g/mol. The number of fused-ring (bicyclic) bond motifs is 1. The van der Waals surface area contributed by atoms with Crippen molar-refractivity contribution < 1.29 is 0 Å². The lowest BCUT2D eigenvalue weighted by molar-refractivity contribution is 0.732. The molecule has 21 heavy (non-hydrogen) atoms. The number of hydrazine groups is 1. The molecule has 2 atom stereocenters. The van der Waals surface area contributed by atoms with Crippen molar-refractivity contribution in [3.8, 4) is 0 Å². The molecule has 0 saturated carbocycles. The van der Waals surface area contributed by atoms with E-state index in [1.165, 1.54) is 0 Å². The molecule has 3 rings (SSSR count). The van der Waals surface area contributed by atoms with Crippen LogP contribution in [0.1, 0.15) is 11.7 Å². The first-order chi connectivity index (χ1) is 10.1. The number of rotatable bonds is 1. The summed E-state index contributed by atoms with van der Waals surface area (Å²) in [5.74, 6) is 5.86. The molecule has 9 heteroatoms. The predicted molar refractivity (Wildman–Crippen MR) is 86.5 cm³/mol. The van der Waals surface area contributed by atoms with E-state index in [1.54, 1.807) is 12.1 Å². The smallest absolute Gasteiger partial charge is 0.225 e. The molecule has 0 aromatic heterocycles. The molecule has 1 aromatic rings. The highest BCUT2D eigenvalue weighted by Gasteiger charge is 2.34. The summed E-state index contributed by atoms with van der Waals surface area (Å²) in [7, 11) is 0. The summed E-state index contributed by atoms with van der Waals surface area (Å²) in [6.45, 7) is 0. The van der Waals surface area contributed by atoms with Crippen LogP contribution >= 0.6 is 34.8 Å². The standard InChI is InChI=1S/C12H9Cl3N6/c13-6-3-1-5(2-4-6)9-18-10-7(11(19-9)21-16)8(14)17-12(15)20-10/h1-4,7,9H,16H2,(H,19,21). The SMILES string of the molecule is NNC1=NC(c2ccc(Cl)cc2)N=C2N=C(Cl)N=C(Cl)C21. The summed E-state index contributed by atoms with van der Waals surface area (Å²) in [6, 6.07) is 7.19. The van der Waals surface area contributed by atoms with E-state index in [9.17, 15) is 0 Å². The molecule has 0 aliphatic carbocycles. The molecule has 0 fully saturated rings. The first kappa shape index (κ1) is 14.5. The van der Waals surface area contributed by atoms with E-state index >= 15 is 0 Å². The minimum Gasteiger partial charge on any atom is -0.311 e. The molecule has 0 amide bonds. The third-order valence-corrected chi connectivity index (χ3v) is 3.73. The van der Waals surface area contributed by atoms with Crippen molar-refractivity contribution in [2.75, 3.05) is 0 Å². The molecule has 0 bridgehead atoms. The lowest BCUT2D eigenvalue weighted by atomic mass is 10.0. The Kier molecular flexibility index (Phi) is 3.95. The van der Waals surface area contributed by atoms with Gasteiger partial charge in [-0.2, -0.15) is 0 Å². The Balaban J connectivity index is 2.03. The molecule has 2 aliphatic heterocycles. The second-order valence-electron chi connectivity index (χ2n) is 4.32. The van der Waals surface area contributed by atoms with Crippen LogP contribution in [0.2, 0.25) is 5.02 Å². The van der Waals surface area contributed by atoms with Crippen molar-refractivity contribution in [2.24, 2.45) is 31.7 Å². The molecule has 0 radical (unpaired) electrons. The number of benzene rings is 1. The summed E-state index contributed by atoms with van der Waals surface area (Å²) >= 11 is 17.8. The van der Waals surface area contributed by atoms with Crippen LogP contribution in [-0.2, 0) is 0 Å². The van der Waals surface area contributed by atoms with E-state index in [-0.39, 0.29) is 10.5 Å². The lowest BCUT2D eigenvalue weighted by Crippen LogP contribution is -2.45. The van der Waals surface area contributed by atoms with Crippen molar-refractivity contribution in [3.05, 3.63) is 34.9 Å². The van der Waals surface area contributed by atoms with Gasteiger partial charge in [0.05, 0.1) is 0 Å². The summed E-state index contributed by atoms with van der Waals surface area (Å²) in [5, 5.41) is 0.887. The van der Waals surface area contributed by atoms with Crippen LogP contribution in [0.15, 0.2) is 44.2 Å². The largest absolute Gasteiger partial charge is 0.311 e. The van der Waals surface area contributed by atoms with Crippen LogP contribution < -0.4 is 11.3 Å². The second-order valence-corrected chi connectivity index (χ2v) is 5.48. The van der Waals surface area contributed by atoms with Crippen molar-refractivity contribution in [2.45, 2.75) is 6.17 Å². The maximum Gasteiger partial charge on any atom is 0.225 e. The third kappa shape index (κ3) is 2.80. The molecule has 108 valence electrons. The Labute approximate surface area is 135 Å². The van der Waals surface area contributed by atoms with Gasteiger partial charge in [0, 0.05) is 5.02 Å². The minimum absolute atomic E-state index is 0.0307. The van der Waals surface area contributed by atoms with Gasteiger partial charge in [-0.05, 0) is 29.3 Å². The highest BCUT2D eigenvalue weighted by Crippen LogP contribution is 2.29. The molecule has 0 spiro atoms. The molecule has 3 N–H and O–H groups in total. The lowest BCUT2D eigenvalue weighted by Gasteiger charge is -2.26. The van der Waals surface area contributed by atoms with Gasteiger partial charge in [0.1, 0.15) is 22.8 Å². The number of nitrogens with one attached hydrogen (secondary N) is 1.